The molecule has 3 aromatic rings. The number of methoxy groups -OCH3 is 2. The number of ether oxygens (including phenoxy) is 4. The molecule has 3 N–H and O–H groups in total. The molecule has 0 amide bonds. The highest BCUT2D eigenvalue weighted by atomic mass is 16.5. The lowest BCUT2D eigenvalue weighted by Gasteiger charge is -2.25. The Morgan fingerprint density at radius 3 is 2.53 bits per heavy atom. The fourth-order valence-corrected chi connectivity index (χ4v) is 3.78. The van der Waals surface area contributed by atoms with Crippen LogP contribution in [0.4, 0.5) is 0 Å². The van der Waals surface area contributed by atoms with Gasteiger partial charge in [0.15, 0.2) is 0 Å². The summed E-state index contributed by atoms with van der Waals surface area (Å²) in [5.41, 5.74) is 9.39. The van der Waals surface area contributed by atoms with E-state index in [9.17, 15) is 5.26 Å². The van der Waals surface area contributed by atoms with Crippen molar-refractivity contribution in [1.29, 1.82) is 5.26 Å². The maximum absolute atomic E-state index is 9.94. The predicted molar refractivity (Wildman–Crippen MR) is 119 cm³/mol. The van der Waals surface area contributed by atoms with Crippen LogP contribution in [0.25, 0.3) is 11.3 Å². The molecule has 32 heavy (non-hydrogen) atoms. The number of H-pyrrole nitrogens is 1. The summed E-state index contributed by atoms with van der Waals surface area (Å²) in [6.45, 7) is 2.71. The fraction of sp³-hybridized carbons (Fsp3) is 0.250. The molecule has 1 aliphatic rings. The van der Waals surface area contributed by atoms with Crippen LogP contribution < -0.4 is 24.7 Å². The highest BCUT2D eigenvalue weighted by Gasteiger charge is 2.37. The molecule has 1 atom stereocenters. The molecule has 8 nitrogen and oxygen atoms in total. The number of aromatic nitrogens is 2. The number of allylic oxidation sites excluding steroid dienone is 1. The minimum Gasteiger partial charge on any atom is -0.497 e. The quantitative estimate of drug-likeness (QED) is 0.577. The number of nitrogens with two attached hydrogens (primary N) is 1. The van der Waals surface area contributed by atoms with Crippen molar-refractivity contribution in [3.05, 3.63) is 65.0 Å². The summed E-state index contributed by atoms with van der Waals surface area (Å²) in [7, 11) is 3.16. The Bertz CT molecular complexity index is 1190. The van der Waals surface area contributed by atoms with Gasteiger partial charge in [-0.1, -0.05) is 6.92 Å². The summed E-state index contributed by atoms with van der Waals surface area (Å²) < 4.78 is 22.4. The number of nitrogens with one attached hydrogen (secondary N) is 1. The van der Waals surface area contributed by atoms with Crippen LogP contribution in [0.3, 0.4) is 0 Å². The van der Waals surface area contributed by atoms with Gasteiger partial charge in [-0.25, -0.2) is 0 Å². The summed E-state index contributed by atoms with van der Waals surface area (Å²) >= 11 is 0. The van der Waals surface area contributed by atoms with E-state index in [1.165, 1.54) is 0 Å². The van der Waals surface area contributed by atoms with Gasteiger partial charge in [0.25, 0.3) is 0 Å². The van der Waals surface area contributed by atoms with Crippen LogP contribution in [0.2, 0.25) is 0 Å². The maximum atomic E-state index is 9.94. The first-order chi connectivity index (χ1) is 15.6. The molecule has 0 fully saturated rings. The van der Waals surface area contributed by atoms with E-state index < -0.39 is 5.92 Å². The largest absolute Gasteiger partial charge is 0.497 e. The Kier molecular flexibility index (Phi) is 5.90. The van der Waals surface area contributed by atoms with Gasteiger partial charge in [-0.15, -0.1) is 5.10 Å². The second-order valence-electron chi connectivity index (χ2n) is 7.22. The minimum absolute atomic E-state index is 0.0104. The number of hydrogen-bond acceptors (Lipinski definition) is 7. The Hall–Kier alpha value is -4.12. The zero-order valence-electron chi connectivity index (χ0n) is 18.1. The predicted octanol–water partition coefficient (Wildman–Crippen LogP) is 4.10. The highest BCUT2D eigenvalue weighted by molar-refractivity contribution is 5.72. The van der Waals surface area contributed by atoms with Crippen molar-refractivity contribution in [3.8, 4) is 40.5 Å². The van der Waals surface area contributed by atoms with E-state index in [2.05, 4.69) is 23.2 Å². The molecule has 4 rings (SSSR count). The van der Waals surface area contributed by atoms with Crippen LogP contribution >= 0.6 is 0 Å². The molecule has 1 aliphatic heterocycles. The van der Waals surface area contributed by atoms with Crippen molar-refractivity contribution in [2.75, 3.05) is 20.8 Å². The van der Waals surface area contributed by atoms with E-state index in [4.69, 9.17) is 24.7 Å². The van der Waals surface area contributed by atoms with Gasteiger partial charge in [0.2, 0.25) is 11.8 Å². The molecule has 0 saturated carbocycles. The molecule has 8 heteroatoms. The van der Waals surface area contributed by atoms with Crippen LogP contribution in [0.5, 0.6) is 23.1 Å². The normalized spacial score (nSPS) is 14.9. The van der Waals surface area contributed by atoms with E-state index in [1.54, 1.807) is 26.4 Å². The van der Waals surface area contributed by atoms with Crippen LogP contribution in [-0.2, 0) is 0 Å². The zero-order chi connectivity index (χ0) is 22.7. The lowest BCUT2D eigenvalue weighted by atomic mass is 9.82. The van der Waals surface area contributed by atoms with Gasteiger partial charge in [0.1, 0.15) is 28.9 Å². The van der Waals surface area contributed by atoms with Crippen molar-refractivity contribution in [2.24, 2.45) is 5.73 Å². The van der Waals surface area contributed by atoms with E-state index in [0.29, 0.717) is 29.5 Å². The van der Waals surface area contributed by atoms with Gasteiger partial charge in [-0.05, 0) is 48.9 Å². The number of hydrogen-bond donors (Lipinski definition) is 2. The molecule has 1 aromatic heterocycles. The lowest BCUT2D eigenvalue weighted by molar-refractivity contribution is 0.317. The molecule has 164 valence electrons. The summed E-state index contributed by atoms with van der Waals surface area (Å²) in [6, 6.07) is 15.3. The van der Waals surface area contributed by atoms with Crippen LogP contribution in [-0.4, -0.2) is 31.0 Å². The Morgan fingerprint density at radius 1 is 1.12 bits per heavy atom. The topological polar surface area (TPSA) is 115 Å². The van der Waals surface area contributed by atoms with Gasteiger partial charge in [-0.2, -0.15) is 5.26 Å². The van der Waals surface area contributed by atoms with Crippen LogP contribution in [0, 0.1) is 11.3 Å². The molecule has 0 spiro atoms. The number of fused-ring (bicyclic) bond motifs is 1. The summed E-state index contributed by atoms with van der Waals surface area (Å²) in [6.07, 6.45) is 0.932. The molecule has 2 heterocycles. The third kappa shape index (κ3) is 3.69. The first-order valence-electron chi connectivity index (χ1n) is 10.2. The highest BCUT2D eigenvalue weighted by Crippen LogP contribution is 2.48. The molecule has 2 aromatic carbocycles. The Labute approximate surface area is 186 Å². The zero-order valence-corrected chi connectivity index (χ0v) is 18.1. The second-order valence-corrected chi connectivity index (χ2v) is 7.22. The van der Waals surface area contributed by atoms with E-state index in [0.717, 1.165) is 29.0 Å². The summed E-state index contributed by atoms with van der Waals surface area (Å²) in [5, 5.41) is 17.3. The summed E-state index contributed by atoms with van der Waals surface area (Å²) in [4.78, 5) is 0. The van der Waals surface area contributed by atoms with Gasteiger partial charge in [0.05, 0.1) is 38.0 Å². The fourth-order valence-electron chi connectivity index (χ4n) is 3.78. The number of nitrogens with zero attached hydrogens (tertiary/aromatic N) is 2. The van der Waals surface area contributed by atoms with E-state index >= 15 is 0 Å². The number of aromatic amines is 1. The third-order valence-corrected chi connectivity index (χ3v) is 5.30. The van der Waals surface area contributed by atoms with Crippen LogP contribution in [0.1, 0.15) is 30.4 Å². The third-order valence-electron chi connectivity index (χ3n) is 5.30. The number of benzene rings is 2. The van der Waals surface area contributed by atoms with Gasteiger partial charge < -0.3 is 24.7 Å². The molecule has 0 saturated heterocycles. The van der Waals surface area contributed by atoms with E-state index in [1.807, 2.05) is 30.3 Å². The average Bonchev–Trinajstić information content (AvgIpc) is 3.25. The SMILES string of the molecule is CCCOc1ccc(-c2[nH]nc3c2[C@H](c2cc(OC)ccc2OC)C(C#N)=C(N)O3)cc1. The molecule has 0 radical (unpaired) electrons. The average molecular weight is 432 g/mol. The molecular weight excluding hydrogens is 408 g/mol. The Balaban J connectivity index is 1.87. The molecule has 0 bridgehead atoms. The standard InChI is InChI=1S/C24H24N4O4/c1-4-11-31-15-7-5-14(6-8-15)22-21-20(17-12-16(29-2)9-10-19(17)30-3)18(13-25)23(26)32-24(21)28-27-22/h5-10,12,20H,4,11,26H2,1-3H3,(H,27,28)/t20-/m1/s1. The van der Waals surface area contributed by atoms with Crippen molar-refractivity contribution in [3.63, 3.8) is 0 Å². The summed E-state index contributed by atoms with van der Waals surface area (Å²) in [5.74, 6) is 1.78. The smallest absolute Gasteiger partial charge is 0.244 e. The van der Waals surface area contributed by atoms with E-state index in [-0.39, 0.29) is 11.5 Å². The lowest BCUT2D eigenvalue weighted by Crippen LogP contribution is -2.21. The van der Waals surface area contributed by atoms with Crippen molar-refractivity contribution in [2.45, 2.75) is 19.3 Å². The van der Waals surface area contributed by atoms with Crippen LogP contribution in [0.15, 0.2) is 53.9 Å². The number of rotatable bonds is 7. The molecular formula is C24H24N4O4. The first kappa shape index (κ1) is 21.1. The molecule has 0 unspecified atom stereocenters. The first-order valence-corrected chi connectivity index (χ1v) is 10.2. The maximum Gasteiger partial charge on any atom is 0.244 e. The van der Waals surface area contributed by atoms with Gasteiger partial charge in [0, 0.05) is 11.1 Å². The van der Waals surface area contributed by atoms with Crippen molar-refractivity contribution in [1.82, 2.24) is 10.2 Å². The number of nitriles is 1. The van der Waals surface area contributed by atoms with Gasteiger partial charge in [-0.3, -0.25) is 5.10 Å². The second kappa shape index (κ2) is 8.94. The monoisotopic (exact) mass is 432 g/mol. The molecule has 0 aliphatic carbocycles. The van der Waals surface area contributed by atoms with Gasteiger partial charge >= 0.3 is 0 Å². The van der Waals surface area contributed by atoms with Crippen molar-refractivity contribution < 1.29 is 18.9 Å². The van der Waals surface area contributed by atoms with Crippen molar-refractivity contribution >= 4 is 0 Å². The minimum atomic E-state index is -0.557. The Morgan fingerprint density at radius 2 is 1.88 bits per heavy atom.